The van der Waals surface area contributed by atoms with E-state index in [-0.39, 0.29) is 0 Å². The van der Waals surface area contributed by atoms with Crippen molar-refractivity contribution in [1.82, 2.24) is 0 Å². The van der Waals surface area contributed by atoms with Gasteiger partial charge in [-0.05, 0) is 73.7 Å². The molecule has 2 aliphatic rings. The molecule has 1 N–H and O–H groups in total. The molecule has 0 aromatic rings. The number of aliphatic carboxylic acids is 1. The van der Waals surface area contributed by atoms with Crippen LogP contribution in [0.25, 0.3) is 0 Å². The van der Waals surface area contributed by atoms with Gasteiger partial charge < -0.3 is 5.11 Å². The van der Waals surface area contributed by atoms with Gasteiger partial charge in [0.2, 0.25) is 0 Å². The zero-order chi connectivity index (χ0) is 17.0. The van der Waals surface area contributed by atoms with Crippen molar-refractivity contribution in [3.8, 4) is 0 Å². The number of carboxylic acids is 1. The zero-order valence-electron chi connectivity index (χ0n) is 14.8. The van der Waals surface area contributed by atoms with Crippen LogP contribution in [0.3, 0.4) is 0 Å². The summed E-state index contributed by atoms with van der Waals surface area (Å²) in [5.41, 5.74) is 6.96. The molecule has 124 valence electrons. The minimum absolute atomic E-state index is 0.302. The molecule has 0 atom stereocenters. The molecule has 2 heteroatoms. The summed E-state index contributed by atoms with van der Waals surface area (Å²) in [7, 11) is 0. The van der Waals surface area contributed by atoms with Gasteiger partial charge in [-0.3, -0.25) is 0 Å². The normalized spacial score (nSPS) is 22.2. The van der Waals surface area contributed by atoms with E-state index in [4.69, 9.17) is 5.11 Å². The standard InChI is InChI=1S/C21H28O2/c1-15(13-20(22)23)7-5-8-16(2)18-11-10-17-9-6-12-21(3,4)19(17)14-18/h5,7-8,13-14H,6,9-12H2,1-4H3,(H,22,23)/b7-5+,15-13+,16-8+. The van der Waals surface area contributed by atoms with Gasteiger partial charge in [0.25, 0.3) is 0 Å². The van der Waals surface area contributed by atoms with Gasteiger partial charge >= 0.3 is 5.97 Å². The predicted octanol–water partition coefficient (Wildman–Crippen LogP) is 5.75. The van der Waals surface area contributed by atoms with E-state index in [1.54, 1.807) is 18.1 Å². The van der Waals surface area contributed by atoms with E-state index in [0.29, 0.717) is 5.41 Å². The van der Waals surface area contributed by atoms with Gasteiger partial charge in [-0.2, -0.15) is 0 Å². The summed E-state index contributed by atoms with van der Waals surface area (Å²) in [5.74, 6) is -0.901. The quantitative estimate of drug-likeness (QED) is 0.530. The van der Waals surface area contributed by atoms with Crippen molar-refractivity contribution in [2.24, 2.45) is 5.41 Å². The molecule has 0 bridgehead atoms. The second-order valence-corrected chi connectivity index (χ2v) is 7.36. The maximum Gasteiger partial charge on any atom is 0.328 e. The van der Waals surface area contributed by atoms with E-state index in [1.165, 1.54) is 42.9 Å². The van der Waals surface area contributed by atoms with Gasteiger partial charge in [-0.1, -0.05) is 43.7 Å². The third-order valence-corrected chi connectivity index (χ3v) is 4.97. The lowest BCUT2D eigenvalue weighted by Gasteiger charge is -2.37. The lowest BCUT2D eigenvalue weighted by Crippen LogP contribution is -2.22. The molecule has 0 spiro atoms. The summed E-state index contributed by atoms with van der Waals surface area (Å²) >= 11 is 0. The van der Waals surface area contributed by atoms with Gasteiger partial charge in [-0.15, -0.1) is 0 Å². The molecule has 2 rings (SSSR count). The third kappa shape index (κ3) is 4.57. The molecule has 0 aromatic heterocycles. The fourth-order valence-corrected chi connectivity index (χ4v) is 3.59. The van der Waals surface area contributed by atoms with Crippen molar-refractivity contribution in [2.45, 2.75) is 59.8 Å². The van der Waals surface area contributed by atoms with Gasteiger partial charge in [0, 0.05) is 6.08 Å². The second-order valence-electron chi connectivity index (χ2n) is 7.36. The smallest absolute Gasteiger partial charge is 0.328 e. The maximum absolute atomic E-state index is 10.6. The number of hydrogen-bond donors (Lipinski definition) is 1. The van der Waals surface area contributed by atoms with Crippen LogP contribution in [-0.2, 0) is 4.79 Å². The summed E-state index contributed by atoms with van der Waals surface area (Å²) in [6, 6.07) is 0. The topological polar surface area (TPSA) is 37.3 Å². The summed E-state index contributed by atoms with van der Waals surface area (Å²) in [5, 5.41) is 8.72. The van der Waals surface area contributed by atoms with Crippen LogP contribution in [0, 0.1) is 5.41 Å². The number of rotatable bonds is 4. The zero-order valence-corrected chi connectivity index (χ0v) is 14.8. The summed E-state index contributed by atoms with van der Waals surface area (Å²) in [4.78, 5) is 10.6. The van der Waals surface area contributed by atoms with E-state index in [2.05, 4.69) is 32.9 Å². The van der Waals surface area contributed by atoms with Crippen molar-refractivity contribution in [3.63, 3.8) is 0 Å². The van der Waals surface area contributed by atoms with E-state index >= 15 is 0 Å². The van der Waals surface area contributed by atoms with Crippen LogP contribution in [0.4, 0.5) is 0 Å². The summed E-state index contributed by atoms with van der Waals surface area (Å²) < 4.78 is 0. The van der Waals surface area contributed by atoms with Gasteiger partial charge in [0.05, 0.1) is 0 Å². The lowest BCUT2D eigenvalue weighted by molar-refractivity contribution is -0.131. The minimum Gasteiger partial charge on any atom is -0.478 e. The Morgan fingerprint density at radius 1 is 1.22 bits per heavy atom. The van der Waals surface area contributed by atoms with E-state index in [9.17, 15) is 4.79 Å². The molecule has 0 aromatic carbocycles. The summed E-state index contributed by atoms with van der Waals surface area (Å²) in [6.45, 7) is 8.67. The van der Waals surface area contributed by atoms with Crippen molar-refractivity contribution < 1.29 is 9.90 Å². The van der Waals surface area contributed by atoms with Crippen LogP contribution in [0.2, 0.25) is 0 Å². The van der Waals surface area contributed by atoms with Crippen molar-refractivity contribution >= 4 is 5.97 Å². The minimum atomic E-state index is -0.901. The highest BCUT2D eigenvalue weighted by Gasteiger charge is 2.30. The maximum atomic E-state index is 10.6. The molecule has 0 saturated carbocycles. The van der Waals surface area contributed by atoms with Crippen molar-refractivity contribution in [2.75, 3.05) is 0 Å². The Morgan fingerprint density at radius 2 is 1.96 bits per heavy atom. The van der Waals surface area contributed by atoms with Gasteiger partial charge in [-0.25, -0.2) is 4.79 Å². The molecule has 0 radical (unpaired) electrons. The largest absolute Gasteiger partial charge is 0.478 e. The monoisotopic (exact) mass is 312 g/mol. The first-order valence-corrected chi connectivity index (χ1v) is 8.49. The molecule has 23 heavy (non-hydrogen) atoms. The van der Waals surface area contributed by atoms with E-state index < -0.39 is 5.97 Å². The molecule has 0 unspecified atom stereocenters. The molecule has 0 aliphatic heterocycles. The molecule has 0 saturated heterocycles. The Bertz CT molecular complexity index is 637. The van der Waals surface area contributed by atoms with Crippen LogP contribution >= 0.6 is 0 Å². The third-order valence-electron chi connectivity index (χ3n) is 4.97. The first kappa shape index (κ1) is 17.5. The number of allylic oxidation sites excluding steroid dienone is 9. The highest BCUT2D eigenvalue weighted by molar-refractivity contribution is 5.81. The van der Waals surface area contributed by atoms with Crippen LogP contribution < -0.4 is 0 Å². The van der Waals surface area contributed by atoms with Crippen molar-refractivity contribution in [1.29, 1.82) is 0 Å². The first-order valence-electron chi connectivity index (χ1n) is 8.49. The molecule has 0 heterocycles. The number of hydrogen-bond acceptors (Lipinski definition) is 1. The first-order chi connectivity index (χ1) is 10.8. The van der Waals surface area contributed by atoms with Crippen molar-refractivity contribution in [3.05, 3.63) is 58.2 Å². The van der Waals surface area contributed by atoms with Crippen LogP contribution in [-0.4, -0.2) is 11.1 Å². The Kier molecular flexibility index (Phi) is 5.46. The highest BCUT2D eigenvalue weighted by Crippen LogP contribution is 2.46. The predicted molar refractivity (Wildman–Crippen MR) is 96.3 cm³/mol. The average molecular weight is 312 g/mol. The number of carboxylic acid groups (broad SMARTS) is 1. The fraction of sp³-hybridized carbons (Fsp3) is 0.476. The Balaban J connectivity index is 2.17. The fourth-order valence-electron chi connectivity index (χ4n) is 3.59. The SMILES string of the molecule is CC(/C=C/C=C(\C)C1=CC2=C(CCCC2(C)C)CC1)=C\C(=O)O. The average Bonchev–Trinajstić information content (AvgIpc) is 2.45. The highest BCUT2D eigenvalue weighted by atomic mass is 16.4. The Hall–Kier alpha value is -1.83. The van der Waals surface area contributed by atoms with E-state index in [1.807, 2.05) is 12.2 Å². The molecule has 2 nitrogen and oxygen atoms in total. The lowest BCUT2D eigenvalue weighted by atomic mass is 9.68. The van der Waals surface area contributed by atoms with Crippen LogP contribution in [0.1, 0.15) is 59.8 Å². The number of carbonyl (C=O) groups is 1. The summed E-state index contributed by atoms with van der Waals surface area (Å²) in [6.07, 6.45) is 15.7. The van der Waals surface area contributed by atoms with Gasteiger partial charge in [0.15, 0.2) is 0 Å². The molecular weight excluding hydrogens is 284 g/mol. The molecule has 0 amide bonds. The van der Waals surface area contributed by atoms with Crippen LogP contribution in [0.15, 0.2) is 58.2 Å². The van der Waals surface area contributed by atoms with Gasteiger partial charge in [0.1, 0.15) is 0 Å². The molecule has 0 fully saturated rings. The van der Waals surface area contributed by atoms with Crippen LogP contribution in [0.5, 0.6) is 0 Å². The molecular formula is C21H28O2. The Labute approximate surface area is 140 Å². The second kappa shape index (κ2) is 7.16. The Morgan fingerprint density at radius 3 is 2.65 bits per heavy atom. The molecule has 2 aliphatic carbocycles. The van der Waals surface area contributed by atoms with E-state index in [0.717, 1.165) is 12.0 Å².